The molecular formula is C13H18N6OS. The Morgan fingerprint density at radius 3 is 3.00 bits per heavy atom. The van der Waals surface area contributed by atoms with Crippen LogP contribution in [0.4, 0.5) is 0 Å². The largest absolute Gasteiger partial charge is 0.340 e. The number of aryl methyl sites for hydroxylation is 2. The van der Waals surface area contributed by atoms with Crippen LogP contribution in [0.1, 0.15) is 34.3 Å². The molecule has 1 saturated heterocycles. The molecule has 1 atom stereocenters. The van der Waals surface area contributed by atoms with E-state index in [-0.39, 0.29) is 12.5 Å². The molecular weight excluding hydrogens is 288 g/mol. The van der Waals surface area contributed by atoms with Crippen LogP contribution in [0.15, 0.2) is 6.33 Å². The lowest BCUT2D eigenvalue weighted by molar-refractivity contribution is -0.133. The molecule has 0 bridgehead atoms. The Morgan fingerprint density at radius 1 is 1.48 bits per heavy atom. The number of thiazole rings is 1. The molecule has 0 saturated carbocycles. The van der Waals surface area contributed by atoms with Gasteiger partial charge in [-0.25, -0.2) is 9.67 Å². The van der Waals surface area contributed by atoms with Gasteiger partial charge in [0.2, 0.25) is 5.91 Å². The third-order valence-electron chi connectivity index (χ3n) is 3.86. The highest BCUT2D eigenvalue weighted by Crippen LogP contribution is 2.31. The number of tetrazole rings is 1. The van der Waals surface area contributed by atoms with Crippen LogP contribution >= 0.6 is 11.3 Å². The first kappa shape index (κ1) is 14.1. The predicted molar refractivity (Wildman–Crippen MR) is 78.0 cm³/mol. The summed E-state index contributed by atoms with van der Waals surface area (Å²) in [6.07, 6.45) is 3.58. The van der Waals surface area contributed by atoms with Crippen LogP contribution in [0.2, 0.25) is 0 Å². The minimum atomic E-state index is 0.0667. The molecule has 0 unspecified atom stereocenters. The molecule has 3 heterocycles. The molecule has 2 aromatic heterocycles. The number of hydrogen-bond acceptors (Lipinski definition) is 6. The van der Waals surface area contributed by atoms with Gasteiger partial charge in [-0.15, -0.1) is 16.4 Å². The van der Waals surface area contributed by atoms with Crippen molar-refractivity contribution in [3.8, 4) is 0 Å². The maximum absolute atomic E-state index is 12.3. The SMILES string of the molecule is Cc1nc([C@H]2CCCN(C(=O)Cn3cnnn3)C2)sc1C. The van der Waals surface area contributed by atoms with Gasteiger partial charge < -0.3 is 4.90 Å². The minimum Gasteiger partial charge on any atom is -0.340 e. The zero-order valence-corrected chi connectivity index (χ0v) is 13.0. The summed E-state index contributed by atoms with van der Waals surface area (Å²) in [7, 11) is 0. The summed E-state index contributed by atoms with van der Waals surface area (Å²) < 4.78 is 1.46. The van der Waals surface area contributed by atoms with E-state index in [0.29, 0.717) is 5.92 Å². The molecule has 3 rings (SSSR count). The highest BCUT2D eigenvalue weighted by Gasteiger charge is 2.27. The first-order valence-electron chi connectivity index (χ1n) is 7.06. The molecule has 0 aliphatic carbocycles. The number of nitrogens with zero attached hydrogens (tertiary/aromatic N) is 6. The van der Waals surface area contributed by atoms with Gasteiger partial charge in [0.25, 0.3) is 0 Å². The van der Waals surface area contributed by atoms with E-state index in [1.54, 1.807) is 11.3 Å². The van der Waals surface area contributed by atoms with Crippen molar-refractivity contribution in [3.05, 3.63) is 21.9 Å². The second-order valence-corrected chi connectivity index (χ2v) is 6.61. The van der Waals surface area contributed by atoms with E-state index < -0.39 is 0 Å². The van der Waals surface area contributed by atoms with Crippen molar-refractivity contribution in [2.45, 2.75) is 39.2 Å². The Bertz CT molecular complexity index is 603. The van der Waals surface area contributed by atoms with Gasteiger partial charge in [-0.3, -0.25) is 4.79 Å². The van der Waals surface area contributed by atoms with E-state index in [9.17, 15) is 4.79 Å². The quantitative estimate of drug-likeness (QED) is 0.850. The number of likely N-dealkylation sites (tertiary alicyclic amines) is 1. The van der Waals surface area contributed by atoms with Crippen LogP contribution in [0.25, 0.3) is 0 Å². The molecule has 0 radical (unpaired) electrons. The summed E-state index contributed by atoms with van der Waals surface area (Å²) in [6.45, 7) is 5.89. The van der Waals surface area contributed by atoms with E-state index in [4.69, 9.17) is 0 Å². The molecule has 0 aromatic carbocycles. The molecule has 21 heavy (non-hydrogen) atoms. The average molecular weight is 306 g/mol. The van der Waals surface area contributed by atoms with Crippen LogP contribution in [0, 0.1) is 13.8 Å². The Morgan fingerprint density at radius 2 is 2.33 bits per heavy atom. The van der Waals surface area contributed by atoms with E-state index >= 15 is 0 Å². The smallest absolute Gasteiger partial charge is 0.244 e. The van der Waals surface area contributed by atoms with E-state index in [1.807, 2.05) is 11.8 Å². The standard InChI is InChI=1S/C13H18N6OS/c1-9-10(2)21-13(15-9)11-4-3-5-18(6-11)12(20)7-19-8-14-16-17-19/h8,11H,3-7H2,1-2H3/t11-/m0/s1. The summed E-state index contributed by atoms with van der Waals surface area (Å²) in [6, 6.07) is 0. The number of amides is 1. The van der Waals surface area contributed by atoms with Crippen LogP contribution in [-0.2, 0) is 11.3 Å². The fourth-order valence-corrected chi connectivity index (χ4v) is 3.62. The van der Waals surface area contributed by atoms with Gasteiger partial charge in [0.05, 0.1) is 10.7 Å². The van der Waals surface area contributed by atoms with Gasteiger partial charge in [0, 0.05) is 23.9 Å². The van der Waals surface area contributed by atoms with Crippen molar-refractivity contribution in [2.24, 2.45) is 0 Å². The zero-order chi connectivity index (χ0) is 14.8. The number of carbonyl (C=O) groups excluding carboxylic acids is 1. The van der Waals surface area contributed by atoms with Gasteiger partial charge in [0.1, 0.15) is 12.9 Å². The van der Waals surface area contributed by atoms with Gasteiger partial charge in [0.15, 0.2) is 0 Å². The highest BCUT2D eigenvalue weighted by atomic mass is 32.1. The molecule has 1 fully saturated rings. The number of piperidine rings is 1. The molecule has 112 valence electrons. The van der Waals surface area contributed by atoms with Gasteiger partial charge >= 0.3 is 0 Å². The Balaban J connectivity index is 1.66. The van der Waals surface area contributed by atoms with Crippen molar-refractivity contribution < 1.29 is 4.79 Å². The van der Waals surface area contributed by atoms with Crippen LogP contribution in [0.5, 0.6) is 0 Å². The molecule has 2 aromatic rings. The lowest BCUT2D eigenvalue weighted by Gasteiger charge is -2.31. The van der Waals surface area contributed by atoms with Gasteiger partial charge in [-0.1, -0.05) is 0 Å². The van der Waals surface area contributed by atoms with E-state index in [0.717, 1.165) is 36.6 Å². The van der Waals surface area contributed by atoms with Gasteiger partial charge in [-0.2, -0.15) is 0 Å². The number of hydrogen-bond donors (Lipinski definition) is 0. The molecule has 1 aliphatic rings. The molecule has 8 heteroatoms. The van der Waals surface area contributed by atoms with Crippen molar-refractivity contribution in [2.75, 3.05) is 13.1 Å². The fourth-order valence-electron chi connectivity index (χ4n) is 2.57. The minimum absolute atomic E-state index is 0.0667. The maximum Gasteiger partial charge on any atom is 0.244 e. The van der Waals surface area contributed by atoms with Crippen molar-refractivity contribution in [1.82, 2.24) is 30.1 Å². The fraction of sp³-hybridized carbons (Fsp3) is 0.615. The first-order valence-corrected chi connectivity index (χ1v) is 7.87. The van der Waals surface area contributed by atoms with Crippen molar-refractivity contribution >= 4 is 17.2 Å². The summed E-state index contributed by atoms with van der Waals surface area (Å²) in [5.74, 6) is 0.422. The second-order valence-electron chi connectivity index (χ2n) is 5.38. The number of aromatic nitrogens is 5. The van der Waals surface area contributed by atoms with Crippen LogP contribution < -0.4 is 0 Å². The summed E-state index contributed by atoms with van der Waals surface area (Å²) in [5, 5.41) is 12.0. The Labute approximate surface area is 127 Å². The molecule has 0 N–H and O–H groups in total. The second kappa shape index (κ2) is 5.88. The zero-order valence-electron chi connectivity index (χ0n) is 12.2. The van der Waals surface area contributed by atoms with Gasteiger partial charge in [-0.05, 0) is 37.1 Å². The monoisotopic (exact) mass is 306 g/mol. The van der Waals surface area contributed by atoms with Crippen molar-refractivity contribution in [1.29, 1.82) is 0 Å². The average Bonchev–Trinajstić information content (AvgIpc) is 3.10. The maximum atomic E-state index is 12.3. The number of carbonyl (C=O) groups is 1. The summed E-state index contributed by atoms with van der Waals surface area (Å²) in [4.78, 5) is 20.1. The normalized spacial score (nSPS) is 19.0. The van der Waals surface area contributed by atoms with Crippen LogP contribution in [0.3, 0.4) is 0 Å². The lowest BCUT2D eigenvalue weighted by Crippen LogP contribution is -2.40. The van der Waals surface area contributed by atoms with Crippen molar-refractivity contribution in [3.63, 3.8) is 0 Å². The van der Waals surface area contributed by atoms with E-state index in [1.165, 1.54) is 15.9 Å². The first-order chi connectivity index (χ1) is 10.1. The highest BCUT2D eigenvalue weighted by molar-refractivity contribution is 7.11. The molecule has 1 amide bonds. The molecule has 1 aliphatic heterocycles. The molecule has 0 spiro atoms. The van der Waals surface area contributed by atoms with Crippen LogP contribution in [-0.4, -0.2) is 49.1 Å². The third-order valence-corrected chi connectivity index (χ3v) is 5.09. The lowest BCUT2D eigenvalue weighted by atomic mass is 9.98. The Hall–Kier alpha value is -1.83. The van der Waals surface area contributed by atoms with E-state index in [2.05, 4.69) is 27.4 Å². The topological polar surface area (TPSA) is 76.8 Å². The summed E-state index contributed by atoms with van der Waals surface area (Å²) >= 11 is 1.75. The Kier molecular flexibility index (Phi) is 3.96. The predicted octanol–water partition coefficient (Wildman–Crippen LogP) is 1.15. The summed E-state index contributed by atoms with van der Waals surface area (Å²) in [5.41, 5.74) is 1.10. The third kappa shape index (κ3) is 3.10. The molecule has 7 nitrogen and oxygen atoms in total. The number of rotatable bonds is 3.